The van der Waals surface area contributed by atoms with Gasteiger partial charge in [-0.3, -0.25) is 0 Å². The molecule has 0 spiro atoms. The van der Waals surface area contributed by atoms with Gasteiger partial charge < -0.3 is 4.98 Å². The Morgan fingerprint density at radius 3 is 2.29 bits per heavy atom. The van der Waals surface area contributed by atoms with Gasteiger partial charge in [-0.15, -0.1) is 0 Å². The summed E-state index contributed by atoms with van der Waals surface area (Å²) in [5.74, 6) is -0.241. The van der Waals surface area contributed by atoms with Crippen LogP contribution in [-0.4, -0.2) is 9.97 Å². The summed E-state index contributed by atoms with van der Waals surface area (Å²) in [7, 11) is 0. The van der Waals surface area contributed by atoms with Gasteiger partial charge in [0.1, 0.15) is 5.82 Å². The second kappa shape index (κ2) is 4.90. The van der Waals surface area contributed by atoms with E-state index in [0.29, 0.717) is 0 Å². The minimum absolute atomic E-state index is 0.241. The zero-order valence-corrected chi connectivity index (χ0v) is 12.8. The van der Waals surface area contributed by atoms with Crippen molar-refractivity contribution in [2.45, 2.75) is 0 Å². The van der Waals surface area contributed by atoms with Crippen LogP contribution < -0.4 is 0 Å². The highest BCUT2D eigenvalue weighted by molar-refractivity contribution is 6.20. The largest absolute Gasteiger partial charge is 0.354 e. The number of pyridine rings is 1. The van der Waals surface area contributed by atoms with Crippen LogP contribution in [0.1, 0.15) is 0 Å². The van der Waals surface area contributed by atoms with Crippen molar-refractivity contribution in [1.82, 2.24) is 9.97 Å². The lowest BCUT2D eigenvalue weighted by Crippen LogP contribution is -1.88. The van der Waals surface area contributed by atoms with Crippen molar-refractivity contribution < 1.29 is 4.39 Å². The molecule has 0 aliphatic carbocycles. The van der Waals surface area contributed by atoms with Crippen molar-refractivity contribution in [3.63, 3.8) is 0 Å². The molecule has 3 heteroatoms. The monoisotopic (exact) mass is 312 g/mol. The van der Waals surface area contributed by atoms with Crippen LogP contribution in [0.25, 0.3) is 44.0 Å². The van der Waals surface area contributed by atoms with Crippen LogP contribution in [0, 0.1) is 5.82 Å². The van der Waals surface area contributed by atoms with Gasteiger partial charge in [-0.1, -0.05) is 36.4 Å². The van der Waals surface area contributed by atoms with E-state index in [9.17, 15) is 4.39 Å². The Morgan fingerprint density at radius 1 is 0.750 bits per heavy atom. The van der Waals surface area contributed by atoms with Crippen molar-refractivity contribution in [1.29, 1.82) is 0 Å². The number of para-hydroxylation sites is 2. The Morgan fingerprint density at radius 2 is 1.46 bits per heavy atom. The number of benzene rings is 3. The predicted molar refractivity (Wildman–Crippen MR) is 96.5 cm³/mol. The van der Waals surface area contributed by atoms with E-state index in [0.717, 1.165) is 44.0 Å². The fraction of sp³-hybridized carbons (Fsp3) is 0. The maximum atomic E-state index is 13.3. The third-order valence-electron chi connectivity index (χ3n) is 4.47. The van der Waals surface area contributed by atoms with Gasteiger partial charge in [0.25, 0.3) is 0 Å². The van der Waals surface area contributed by atoms with Crippen molar-refractivity contribution in [2.75, 3.05) is 0 Å². The number of H-pyrrole nitrogens is 1. The molecule has 2 nitrogen and oxygen atoms in total. The minimum Gasteiger partial charge on any atom is -0.354 e. The molecule has 0 radical (unpaired) electrons. The quantitative estimate of drug-likeness (QED) is 0.424. The summed E-state index contributed by atoms with van der Waals surface area (Å²) in [5.41, 5.74) is 4.86. The Hall–Kier alpha value is -3.20. The molecule has 114 valence electrons. The van der Waals surface area contributed by atoms with Crippen LogP contribution in [0.5, 0.6) is 0 Å². The second-order valence-electron chi connectivity index (χ2n) is 5.91. The Kier molecular flexibility index (Phi) is 2.71. The van der Waals surface area contributed by atoms with Crippen LogP contribution in [-0.2, 0) is 0 Å². The molecule has 1 N–H and O–H groups in total. The third-order valence-corrected chi connectivity index (χ3v) is 4.47. The fourth-order valence-corrected chi connectivity index (χ4v) is 3.37. The van der Waals surface area contributed by atoms with E-state index in [1.807, 2.05) is 30.3 Å². The highest BCUT2D eigenvalue weighted by Crippen LogP contribution is 2.37. The van der Waals surface area contributed by atoms with E-state index in [1.165, 1.54) is 12.1 Å². The molecule has 0 saturated carbocycles. The Balaban J connectivity index is 2.01. The van der Waals surface area contributed by atoms with Gasteiger partial charge in [0.2, 0.25) is 0 Å². The van der Waals surface area contributed by atoms with Crippen molar-refractivity contribution in [2.24, 2.45) is 0 Å². The van der Waals surface area contributed by atoms with Crippen LogP contribution in [0.4, 0.5) is 4.39 Å². The first kappa shape index (κ1) is 13.3. The van der Waals surface area contributed by atoms with Gasteiger partial charge >= 0.3 is 0 Å². The standard InChI is InChI=1S/C21H13FN2/c22-14-11-9-13(10-12-14)20-19-15-5-1-3-7-17(15)24-21(19)16-6-2-4-8-18(16)23-20/h1-12,24H. The highest BCUT2D eigenvalue weighted by Gasteiger charge is 2.15. The maximum Gasteiger partial charge on any atom is 0.123 e. The minimum atomic E-state index is -0.241. The van der Waals surface area contributed by atoms with Gasteiger partial charge in [0.15, 0.2) is 0 Å². The summed E-state index contributed by atoms with van der Waals surface area (Å²) in [5, 5.41) is 3.30. The third kappa shape index (κ3) is 1.85. The number of rotatable bonds is 1. The molecule has 0 unspecified atom stereocenters. The predicted octanol–water partition coefficient (Wildman–Crippen LogP) is 5.68. The summed E-state index contributed by atoms with van der Waals surface area (Å²) < 4.78 is 13.3. The molecule has 5 rings (SSSR count). The molecular formula is C21H13FN2. The molecule has 0 fully saturated rings. The number of halogens is 1. The fourth-order valence-electron chi connectivity index (χ4n) is 3.37. The van der Waals surface area contributed by atoms with Gasteiger partial charge in [0.05, 0.1) is 16.7 Å². The number of nitrogens with one attached hydrogen (secondary N) is 1. The topological polar surface area (TPSA) is 28.7 Å². The lowest BCUT2D eigenvalue weighted by Gasteiger charge is -2.07. The van der Waals surface area contributed by atoms with Gasteiger partial charge in [-0.25, -0.2) is 9.37 Å². The smallest absolute Gasteiger partial charge is 0.123 e. The van der Waals surface area contributed by atoms with Gasteiger partial charge in [0, 0.05) is 27.2 Å². The van der Waals surface area contributed by atoms with Crippen LogP contribution in [0.15, 0.2) is 72.8 Å². The van der Waals surface area contributed by atoms with Crippen LogP contribution in [0.3, 0.4) is 0 Å². The molecule has 0 atom stereocenters. The zero-order chi connectivity index (χ0) is 16.1. The first-order valence-corrected chi connectivity index (χ1v) is 7.86. The molecule has 3 aromatic carbocycles. The summed E-state index contributed by atoms with van der Waals surface area (Å²) in [6.45, 7) is 0. The van der Waals surface area contributed by atoms with Gasteiger partial charge in [-0.2, -0.15) is 0 Å². The SMILES string of the molecule is Fc1ccc(-c2nc3ccccc3c3[nH]c4ccccc4c23)cc1. The van der Waals surface area contributed by atoms with Crippen LogP contribution in [0.2, 0.25) is 0 Å². The molecule has 0 aliphatic heterocycles. The molecule has 0 aliphatic rings. The van der Waals surface area contributed by atoms with E-state index >= 15 is 0 Å². The molecule has 0 bridgehead atoms. The number of hydrogen-bond donors (Lipinski definition) is 1. The number of hydrogen-bond acceptors (Lipinski definition) is 1. The maximum absolute atomic E-state index is 13.3. The number of fused-ring (bicyclic) bond motifs is 5. The summed E-state index contributed by atoms with van der Waals surface area (Å²) in [6, 6.07) is 22.8. The van der Waals surface area contributed by atoms with Crippen molar-refractivity contribution >= 4 is 32.7 Å². The van der Waals surface area contributed by atoms with Crippen molar-refractivity contribution in [3.05, 3.63) is 78.6 Å². The molecule has 0 saturated heterocycles. The average molecular weight is 312 g/mol. The van der Waals surface area contributed by atoms with E-state index in [2.05, 4.69) is 23.2 Å². The van der Waals surface area contributed by atoms with E-state index in [-0.39, 0.29) is 5.82 Å². The van der Waals surface area contributed by atoms with Crippen molar-refractivity contribution in [3.8, 4) is 11.3 Å². The molecule has 5 aromatic rings. The number of nitrogens with zero attached hydrogens (tertiary/aromatic N) is 1. The molecule has 0 amide bonds. The number of aromatic amines is 1. The summed E-state index contributed by atoms with van der Waals surface area (Å²) in [4.78, 5) is 8.41. The van der Waals surface area contributed by atoms with E-state index in [4.69, 9.17) is 4.98 Å². The molecule has 2 aromatic heterocycles. The molecular weight excluding hydrogens is 299 g/mol. The lowest BCUT2D eigenvalue weighted by molar-refractivity contribution is 0.628. The average Bonchev–Trinajstić information content (AvgIpc) is 3.02. The summed E-state index contributed by atoms with van der Waals surface area (Å²) >= 11 is 0. The number of aromatic nitrogens is 2. The van der Waals surface area contributed by atoms with Gasteiger partial charge in [-0.05, 0) is 36.4 Å². The van der Waals surface area contributed by atoms with E-state index < -0.39 is 0 Å². The van der Waals surface area contributed by atoms with Crippen LogP contribution >= 0.6 is 0 Å². The highest BCUT2D eigenvalue weighted by atomic mass is 19.1. The molecule has 2 heterocycles. The lowest BCUT2D eigenvalue weighted by atomic mass is 10.0. The Bertz CT molecular complexity index is 1200. The summed E-state index contributed by atoms with van der Waals surface area (Å²) in [6.07, 6.45) is 0. The van der Waals surface area contributed by atoms with E-state index in [1.54, 1.807) is 12.1 Å². The Labute approximate surface area is 137 Å². The first-order valence-electron chi connectivity index (χ1n) is 7.86. The zero-order valence-electron chi connectivity index (χ0n) is 12.8. The second-order valence-corrected chi connectivity index (χ2v) is 5.91. The first-order chi connectivity index (χ1) is 11.8. The normalized spacial score (nSPS) is 11.5. The molecule has 24 heavy (non-hydrogen) atoms.